The minimum Gasteiger partial charge on any atom is -0.503 e. The Bertz CT molecular complexity index is 1290. The number of carbonyl (C=O) groups excluding carboxylic acids is 2. The van der Waals surface area contributed by atoms with Gasteiger partial charge in [0.1, 0.15) is 5.75 Å². The maximum Gasteiger partial charge on any atom is 0.295 e. The molecule has 5 rings (SSSR count). The molecule has 7 heteroatoms. The van der Waals surface area contributed by atoms with E-state index in [1.807, 2.05) is 36.4 Å². The number of carbonyl (C=O) groups is 2. The lowest BCUT2D eigenvalue weighted by atomic mass is 9.91. The zero-order chi connectivity index (χ0) is 24.7. The van der Waals surface area contributed by atoms with Crippen LogP contribution >= 0.6 is 0 Å². The summed E-state index contributed by atoms with van der Waals surface area (Å²) in [5, 5.41) is 19.2. The van der Waals surface area contributed by atoms with Gasteiger partial charge in [-0.25, -0.2) is 0 Å². The summed E-state index contributed by atoms with van der Waals surface area (Å²) in [5.41, 5.74) is 2.87. The maximum atomic E-state index is 13.7. The van der Waals surface area contributed by atoms with E-state index in [2.05, 4.69) is 24.0 Å². The van der Waals surface area contributed by atoms with E-state index in [4.69, 9.17) is 4.74 Å². The number of benzene rings is 2. The summed E-state index contributed by atoms with van der Waals surface area (Å²) in [5.74, 6) is -0.361. The smallest absolute Gasteiger partial charge is 0.295 e. The molecule has 1 N–H and O–H groups in total. The molecule has 0 bridgehead atoms. The van der Waals surface area contributed by atoms with Gasteiger partial charge in [-0.2, -0.15) is 5.10 Å². The summed E-state index contributed by atoms with van der Waals surface area (Å²) in [6.45, 7) is 5.95. The quantitative estimate of drug-likeness (QED) is 0.476. The highest BCUT2D eigenvalue weighted by molar-refractivity contribution is 6.20. The van der Waals surface area contributed by atoms with E-state index < -0.39 is 23.5 Å². The number of anilines is 1. The van der Waals surface area contributed by atoms with Crippen LogP contribution in [0.2, 0.25) is 0 Å². The van der Waals surface area contributed by atoms with Crippen molar-refractivity contribution in [1.82, 2.24) is 10.2 Å². The van der Waals surface area contributed by atoms with Gasteiger partial charge in [-0.05, 0) is 61.1 Å². The fraction of sp³-hybridized carbons (Fsp3) is 0.286. The summed E-state index contributed by atoms with van der Waals surface area (Å²) in [4.78, 5) is 28.2. The average molecular weight is 470 g/mol. The zero-order valence-electron chi connectivity index (χ0n) is 19.9. The number of amides is 1. The predicted octanol–water partition coefficient (Wildman–Crippen LogP) is 5.23. The molecule has 178 valence electrons. The van der Waals surface area contributed by atoms with Crippen molar-refractivity contribution in [3.05, 3.63) is 94.4 Å². The third-order valence-corrected chi connectivity index (χ3v) is 6.35. The summed E-state index contributed by atoms with van der Waals surface area (Å²) < 4.78 is 5.85. The Morgan fingerprint density at radius 2 is 1.69 bits per heavy atom. The Morgan fingerprint density at radius 1 is 1.00 bits per heavy atom. The number of Topliss-reactive ketones (excluding diaryl/α,β-unsaturated/α-hetero) is 1. The third-order valence-electron chi connectivity index (χ3n) is 6.35. The first-order chi connectivity index (χ1) is 16.8. The molecular weight excluding hydrogens is 442 g/mol. The number of ether oxygens (including phenoxy) is 1. The number of rotatable bonds is 7. The maximum absolute atomic E-state index is 13.7. The molecule has 1 saturated carbocycles. The number of hydrogen-bond acceptors (Lipinski definition) is 6. The molecule has 1 atom stereocenters. The van der Waals surface area contributed by atoms with E-state index in [-0.39, 0.29) is 17.5 Å². The van der Waals surface area contributed by atoms with Crippen molar-refractivity contribution in [1.29, 1.82) is 0 Å². The molecule has 1 aromatic heterocycles. The molecule has 3 aromatic rings. The monoisotopic (exact) mass is 469 g/mol. The highest BCUT2D eigenvalue weighted by Gasteiger charge is 2.45. The largest absolute Gasteiger partial charge is 0.503 e. The minimum absolute atomic E-state index is 0.0190. The number of aliphatic hydroxyl groups is 1. The van der Waals surface area contributed by atoms with Crippen LogP contribution in [0.5, 0.6) is 5.75 Å². The van der Waals surface area contributed by atoms with Crippen molar-refractivity contribution >= 4 is 17.5 Å². The van der Waals surface area contributed by atoms with Gasteiger partial charge >= 0.3 is 0 Å². The van der Waals surface area contributed by atoms with Gasteiger partial charge in [0.15, 0.2) is 17.4 Å². The number of aromatic nitrogens is 2. The second-order valence-corrected chi connectivity index (χ2v) is 9.36. The number of aryl methyl sites for hydroxylation is 1. The molecule has 1 aliphatic carbocycles. The van der Waals surface area contributed by atoms with Crippen LogP contribution in [0.1, 0.15) is 65.8 Å². The van der Waals surface area contributed by atoms with Gasteiger partial charge in [-0.15, -0.1) is 5.10 Å². The Hall–Kier alpha value is -4.00. The first-order valence-corrected chi connectivity index (χ1v) is 11.8. The van der Waals surface area contributed by atoms with Crippen LogP contribution in [0, 0.1) is 6.92 Å². The van der Waals surface area contributed by atoms with E-state index in [0.29, 0.717) is 22.7 Å². The van der Waals surface area contributed by atoms with Crippen molar-refractivity contribution in [3.63, 3.8) is 0 Å². The molecule has 7 nitrogen and oxygen atoms in total. The Labute approximate surface area is 204 Å². The fourth-order valence-corrected chi connectivity index (χ4v) is 4.19. The lowest BCUT2D eigenvalue weighted by Gasteiger charge is -2.25. The first-order valence-electron chi connectivity index (χ1n) is 11.8. The highest BCUT2D eigenvalue weighted by Crippen LogP contribution is 2.42. The van der Waals surface area contributed by atoms with Crippen LogP contribution in [0.15, 0.2) is 72.0 Å². The van der Waals surface area contributed by atoms with Gasteiger partial charge in [-0.3, -0.25) is 14.5 Å². The average Bonchev–Trinajstić information content (AvgIpc) is 3.64. The second-order valence-electron chi connectivity index (χ2n) is 9.36. The Morgan fingerprint density at radius 3 is 2.26 bits per heavy atom. The second kappa shape index (κ2) is 8.98. The van der Waals surface area contributed by atoms with Crippen LogP contribution in [0.3, 0.4) is 0 Å². The first kappa shape index (κ1) is 22.8. The number of hydrogen-bond donors (Lipinski definition) is 1. The van der Waals surface area contributed by atoms with Crippen LogP contribution in [0.4, 0.5) is 5.82 Å². The normalized spacial score (nSPS) is 17.9. The van der Waals surface area contributed by atoms with Crippen molar-refractivity contribution in [2.24, 2.45) is 0 Å². The molecule has 2 heterocycles. The van der Waals surface area contributed by atoms with Crippen molar-refractivity contribution < 1.29 is 19.4 Å². The number of ketones is 1. The summed E-state index contributed by atoms with van der Waals surface area (Å²) in [6.07, 6.45) is 2.34. The van der Waals surface area contributed by atoms with Crippen molar-refractivity contribution in [3.8, 4) is 5.75 Å². The number of aliphatic hydroxyl groups excluding tert-OH is 1. The summed E-state index contributed by atoms with van der Waals surface area (Å²) >= 11 is 0. The van der Waals surface area contributed by atoms with Crippen molar-refractivity contribution in [2.45, 2.75) is 51.7 Å². The highest BCUT2D eigenvalue weighted by atomic mass is 16.5. The van der Waals surface area contributed by atoms with Gasteiger partial charge < -0.3 is 9.84 Å². The van der Waals surface area contributed by atoms with Gasteiger partial charge in [0.05, 0.1) is 23.4 Å². The van der Waals surface area contributed by atoms with Gasteiger partial charge in [0.25, 0.3) is 5.91 Å². The molecule has 2 aliphatic rings. The van der Waals surface area contributed by atoms with Gasteiger partial charge in [0, 0.05) is 5.56 Å². The Kier molecular flexibility index (Phi) is 5.84. The molecular formula is C28H27N3O4. The molecule has 2 aromatic carbocycles. The Balaban J connectivity index is 1.56. The molecule has 0 saturated heterocycles. The molecule has 1 aliphatic heterocycles. The molecule has 0 radical (unpaired) electrons. The molecule has 0 spiro atoms. The standard InChI is InChI=1S/C28H27N3O4/c1-16(2)18-5-7-20(8-6-18)26(32)24-25(19-9-11-21(12-10-19)35-22-13-14-22)31(28(34)27(24)33)23-15-4-17(3)29-30-23/h4-12,15-16,22,25,33H,13-14H2,1-3H3. The van der Waals surface area contributed by atoms with E-state index in [0.717, 1.165) is 24.2 Å². The summed E-state index contributed by atoms with van der Waals surface area (Å²) in [7, 11) is 0. The zero-order valence-corrected chi connectivity index (χ0v) is 19.9. The van der Waals surface area contributed by atoms with Crippen LogP contribution in [0.25, 0.3) is 0 Å². The van der Waals surface area contributed by atoms with Crippen molar-refractivity contribution in [2.75, 3.05) is 4.90 Å². The molecule has 1 unspecified atom stereocenters. The van der Waals surface area contributed by atoms with E-state index in [1.54, 1.807) is 31.2 Å². The van der Waals surface area contributed by atoms with E-state index in [1.165, 1.54) is 4.90 Å². The van der Waals surface area contributed by atoms with Crippen LogP contribution in [-0.4, -0.2) is 33.1 Å². The summed E-state index contributed by atoms with van der Waals surface area (Å²) in [6, 6.07) is 17.1. The van der Waals surface area contributed by atoms with Gasteiger partial charge in [-0.1, -0.05) is 50.2 Å². The fourth-order valence-electron chi connectivity index (χ4n) is 4.19. The third kappa shape index (κ3) is 4.41. The lowest BCUT2D eigenvalue weighted by Crippen LogP contribution is -2.32. The molecule has 35 heavy (non-hydrogen) atoms. The predicted molar refractivity (Wildman–Crippen MR) is 132 cm³/mol. The van der Waals surface area contributed by atoms with E-state index >= 15 is 0 Å². The number of nitrogens with zero attached hydrogens (tertiary/aromatic N) is 3. The van der Waals surface area contributed by atoms with Gasteiger partial charge in [0.2, 0.25) is 0 Å². The SMILES string of the molecule is Cc1ccc(N2C(=O)C(O)=C(C(=O)c3ccc(C(C)C)cc3)C2c2ccc(OC3CC3)cc2)nn1. The molecule has 1 amide bonds. The topological polar surface area (TPSA) is 92.6 Å². The lowest BCUT2D eigenvalue weighted by molar-refractivity contribution is -0.117. The van der Waals surface area contributed by atoms with Crippen LogP contribution < -0.4 is 9.64 Å². The molecule has 1 fully saturated rings. The van der Waals surface area contributed by atoms with E-state index in [9.17, 15) is 14.7 Å². The minimum atomic E-state index is -0.855. The van der Waals surface area contributed by atoms with Crippen LogP contribution in [-0.2, 0) is 4.79 Å².